The number of fused-ring (bicyclic) bond motifs is 1. The normalized spacial score (nSPS) is 28.5. The van der Waals surface area contributed by atoms with Gasteiger partial charge in [-0.15, -0.1) is 0 Å². The highest BCUT2D eigenvalue weighted by molar-refractivity contribution is 5.33. The van der Waals surface area contributed by atoms with Crippen molar-refractivity contribution in [3.63, 3.8) is 0 Å². The van der Waals surface area contributed by atoms with Crippen molar-refractivity contribution in [2.24, 2.45) is 11.7 Å². The molecule has 1 saturated carbocycles. The van der Waals surface area contributed by atoms with Crippen LogP contribution >= 0.6 is 0 Å². The molecule has 3 heteroatoms. The molecule has 0 amide bonds. The van der Waals surface area contributed by atoms with E-state index < -0.39 is 0 Å². The summed E-state index contributed by atoms with van der Waals surface area (Å²) in [6.07, 6.45) is 3.79. The van der Waals surface area contributed by atoms with Gasteiger partial charge in [-0.05, 0) is 24.8 Å². The minimum absolute atomic E-state index is 0.407. The first-order chi connectivity index (χ1) is 8.83. The summed E-state index contributed by atoms with van der Waals surface area (Å²) in [7, 11) is 0. The second-order valence-electron chi connectivity index (χ2n) is 5.55. The number of para-hydroxylation sites is 1. The molecule has 2 aliphatic rings. The van der Waals surface area contributed by atoms with Crippen LogP contribution < -0.4 is 10.5 Å². The Morgan fingerprint density at radius 3 is 3.00 bits per heavy atom. The Morgan fingerprint density at radius 1 is 1.28 bits per heavy atom. The number of nitrogens with two attached hydrogens (primary N) is 1. The molecule has 2 unspecified atom stereocenters. The predicted molar refractivity (Wildman–Crippen MR) is 72.5 cm³/mol. The summed E-state index contributed by atoms with van der Waals surface area (Å²) in [5.74, 6) is 1.73. The number of hydrogen-bond acceptors (Lipinski definition) is 3. The van der Waals surface area contributed by atoms with E-state index in [1.54, 1.807) is 0 Å². The number of ether oxygens (including phenoxy) is 1. The van der Waals surface area contributed by atoms with Crippen LogP contribution in [0.1, 0.15) is 24.8 Å². The van der Waals surface area contributed by atoms with Gasteiger partial charge in [-0.25, -0.2) is 0 Å². The van der Waals surface area contributed by atoms with Gasteiger partial charge in [0, 0.05) is 31.2 Å². The third-order valence-corrected chi connectivity index (χ3v) is 4.24. The predicted octanol–water partition coefficient (Wildman–Crippen LogP) is 2.01. The molecule has 0 spiro atoms. The van der Waals surface area contributed by atoms with Crippen molar-refractivity contribution < 1.29 is 4.74 Å². The van der Waals surface area contributed by atoms with Crippen molar-refractivity contribution in [1.82, 2.24) is 4.90 Å². The lowest BCUT2D eigenvalue weighted by molar-refractivity contribution is 0.193. The Kier molecular flexibility index (Phi) is 3.52. The van der Waals surface area contributed by atoms with Gasteiger partial charge in [-0.1, -0.05) is 24.6 Å². The topological polar surface area (TPSA) is 38.5 Å². The summed E-state index contributed by atoms with van der Waals surface area (Å²) >= 11 is 0. The first kappa shape index (κ1) is 12.0. The van der Waals surface area contributed by atoms with Crippen LogP contribution in [-0.2, 0) is 6.54 Å². The average molecular weight is 246 g/mol. The van der Waals surface area contributed by atoms with Crippen LogP contribution in [0.4, 0.5) is 0 Å². The van der Waals surface area contributed by atoms with Gasteiger partial charge in [-0.2, -0.15) is 0 Å². The van der Waals surface area contributed by atoms with Crippen molar-refractivity contribution in [3.8, 4) is 5.75 Å². The van der Waals surface area contributed by atoms with Gasteiger partial charge in [0.25, 0.3) is 0 Å². The van der Waals surface area contributed by atoms with E-state index in [9.17, 15) is 0 Å². The minimum Gasteiger partial charge on any atom is -0.492 e. The van der Waals surface area contributed by atoms with Crippen LogP contribution in [0.5, 0.6) is 5.75 Å². The molecule has 1 aromatic rings. The van der Waals surface area contributed by atoms with Crippen LogP contribution in [-0.4, -0.2) is 30.6 Å². The van der Waals surface area contributed by atoms with Gasteiger partial charge in [0.1, 0.15) is 12.4 Å². The van der Waals surface area contributed by atoms with Crippen LogP contribution in [0, 0.1) is 5.92 Å². The highest BCUT2D eigenvalue weighted by atomic mass is 16.5. The molecule has 0 radical (unpaired) electrons. The molecule has 1 aliphatic carbocycles. The van der Waals surface area contributed by atoms with Gasteiger partial charge in [0.2, 0.25) is 0 Å². The molecule has 0 bridgehead atoms. The Balaban J connectivity index is 1.67. The fourth-order valence-corrected chi connectivity index (χ4v) is 3.16. The van der Waals surface area contributed by atoms with E-state index in [0.29, 0.717) is 12.0 Å². The van der Waals surface area contributed by atoms with Crippen molar-refractivity contribution in [2.75, 3.05) is 19.7 Å². The molecule has 1 heterocycles. The lowest BCUT2D eigenvalue weighted by Gasteiger charge is -2.25. The van der Waals surface area contributed by atoms with E-state index in [1.165, 1.54) is 24.8 Å². The molecule has 1 aromatic carbocycles. The van der Waals surface area contributed by atoms with Crippen LogP contribution in [0.2, 0.25) is 0 Å². The van der Waals surface area contributed by atoms with Crippen molar-refractivity contribution in [2.45, 2.75) is 31.8 Å². The second kappa shape index (κ2) is 5.29. The molecule has 0 saturated heterocycles. The van der Waals surface area contributed by atoms with Gasteiger partial charge in [0.15, 0.2) is 0 Å². The first-order valence-corrected chi connectivity index (χ1v) is 7.01. The highest BCUT2D eigenvalue weighted by Crippen LogP contribution is 2.27. The smallest absolute Gasteiger partial charge is 0.123 e. The maximum absolute atomic E-state index is 6.17. The van der Waals surface area contributed by atoms with E-state index in [0.717, 1.165) is 32.0 Å². The molecule has 0 aromatic heterocycles. The van der Waals surface area contributed by atoms with Crippen molar-refractivity contribution in [3.05, 3.63) is 29.8 Å². The second-order valence-corrected chi connectivity index (χ2v) is 5.55. The zero-order valence-corrected chi connectivity index (χ0v) is 10.8. The summed E-state index contributed by atoms with van der Waals surface area (Å²) < 4.78 is 5.80. The summed E-state index contributed by atoms with van der Waals surface area (Å²) in [5, 5.41) is 0. The summed E-state index contributed by atoms with van der Waals surface area (Å²) in [5.41, 5.74) is 7.48. The van der Waals surface area contributed by atoms with Gasteiger partial charge >= 0.3 is 0 Å². The monoisotopic (exact) mass is 246 g/mol. The average Bonchev–Trinajstić information content (AvgIpc) is 2.66. The third-order valence-electron chi connectivity index (χ3n) is 4.24. The van der Waals surface area contributed by atoms with E-state index >= 15 is 0 Å². The number of benzene rings is 1. The maximum Gasteiger partial charge on any atom is 0.123 e. The quantitative estimate of drug-likeness (QED) is 0.867. The van der Waals surface area contributed by atoms with Crippen molar-refractivity contribution >= 4 is 0 Å². The molecule has 3 nitrogen and oxygen atoms in total. The Hall–Kier alpha value is -1.06. The molecule has 1 aliphatic heterocycles. The van der Waals surface area contributed by atoms with E-state index in [2.05, 4.69) is 23.1 Å². The Morgan fingerprint density at radius 2 is 2.17 bits per heavy atom. The van der Waals surface area contributed by atoms with Gasteiger partial charge < -0.3 is 10.5 Å². The standard InChI is InChI=1S/C15H22N2O/c16-14-6-3-5-12(14)10-17-8-9-18-15-7-2-1-4-13(15)11-17/h1-2,4,7,12,14H,3,5-6,8-11,16H2. The summed E-state index contributed by atoms with van der Waals surface area (Å²) in [6, 6.07) is 8.78. The highest BCUT2D eigenvalue weighted by Gasteiger charge is 2.26. The van der Waals surface area contributed by atoms with E-state index in [4.69, 9.17) is 10.5 Å². The zero-order chi connectivity index (χ0) is 12.4. The molecule has 18 heavy (non-hydrogen) atoms. The number of hydrogen-bond donors (Lipinski definition) is 1. The summed E-state index contributed by atoms with van der Waals surface area (Å²) in [6.45, 7) is 3.93. The van der Waals surface area contributed by atoms with Gasteiger partial charge in [-0.3, -0.25) is 4.90 Å². The molecular formula is C15H22N2O. The largest absolute Gasteiger partial charge is 0.492 e. The lowest BCUT2D eigenvalue weighted by atomic mass is 10.0. The molecule has 3 rings (SSSR count). The molecule has 1 fully saturated rings. The fraction of sp³-hybridized carbons (Fsp3) is 0.600. The van der Waals surface area contributed by atoms with E-state index in [1.807, 2.05) is 6.07 Å². The zero-order valence-electron chi connectivity index (χ0n) is 10.8. The minimum atomic E-state index is 0.407. The van der Waals surface area contributed by atoms with Crippen LogP contribution in [0.15, 0.2) is 24.3 Å². The lowest BCUT2D eigenvalue weighted by Crippen LogP contribution is -2.37. The molecule has 2 atom stereocenters. The summed E-state index contributed by atoms with van der Waals surface area (Å²) in [4.78, 5) is 2.50. The molecular weight excluding hydrogens is 224 g/mol. The third kappa shape index (κ3) is 2.52. The van der Waals surface area contributed by atoms with Crippen LogP contribution in [0.25, 0.3) is 0 Å². The van der Waals surface area contributed by atoms with Crippen molar-refractivity contribution in [1.29, 1.82) is 0 Å². The van der Waals surface area contributed by atoms with Gasteiger partial charge in [0.05, 0.1) is 0 Å². The Labute approximate surface area is 109 Å². The molecule has 2 N–H and O–H groups in total. The van der Waals surface area contributed by atoms with E-state index in [-0.39, 0.29) is 0 Å². The van der Waals surface area contributed by atoms with Crippen LogP contribution in [0.3, 0.4) is 0 Å². The number of nitrogens with zero attached hydrogens (tertiary/aromatic N) is 1. The SMILES string of the molecule is NC1CCCC1CN1CCOc2ccccc2C1. The Bertz CT molecular complexity index is 407. The maximum atomic E-state index is 6.17. The molecule has 98 valence electrons. The fourth-order valence-electron chi connectivity index (χ4n) is 3.16. The first-order valence-electron chi connectivity index (χ1n) is 7.01. The number of rotatable bonds is 2.